The molecule has 11 heteroatoms. The van der Waals surface area contributed by atoms with Crippen LogP contribution in [0.15, 0.2) is 60.9 Å². The predicted octanol–water partition coefficient (Wildman–Crippen LogP) is 4.35. The number of rotatable bonds is 8. The third kappa shape index (κ3) is 5.24. The van der Waals surface area contributed by atoms with E-state index in [4.69, 9.17) is 19.7 Å². The van der Waals surface area contributed by atoms with Crippen LogP contribution in [0.1, 0.15) is 25.2 Å². The molecule has 6 rings (SSSR count). The van der Waals surface area contributed by atoms with Gasteiger partial charge in [-0.3, -0.25) is 9.25 Å². The molecule has 206 valence electrons. The minimum absolute atomic E-state index is 0.246. The van der Waals surface area contributed by atoms with Gasteiger partial charge in [0, 0.05) is 37.4 Å². The Kier molecular flexibility index (Phi) is 6.89. The Morgan fingerprint density at radius 1 is 0.950 bits per heavy atom. The Morgan fingerprint density at radius 2 is 1.70 bits per heavy atom. The second kappa shape index (κ2) is 10.6. The number of ether oxygens (including phenoxy) is 1. The third-order valence-electron chi connectivity index (χ3n) is 6.97. The first-order valence-electron chi connectivity index (χ1n) is 13.4. The smallest absolute Gasteiger partial charge is 0.242 e. The van der Waals surface area contributed by atoms with E-state index in [2.05, 4.69) is 46.3 Å². The summed E-state index contributed by atoms with van der Waals surface area (Å²) in [5.74, 6) is 1.51. The summed E-state index contributed by atoms with van der Waals surface area (Å²) >= 11 is 0. The fourth-order valence-corrected chi connectivity index (χ4v) is 5.14. The first kappa shape index (κ1) is 25.9. The second-order valence-electron chi connectivity index (χ2n) is 10.6. The lowest BCUT2D eigenvalue weighted by Gasteiger charge is -2.30. The molecule has 3 aromatic heterocycles. The highest BCUT2D eigenvalue weighted by Gasteiger charge is 2.25. The van der Waals surface area contributed by atoms with Gasteiger partial charge in [0.05, 0.1) is 30.4 Å². The van der Waals surface area contributed by atoms with Crippen LogP contribution in [0.3, 0.4) is 0 Å². The summed E-state index contributed by atoms with van der Waals surface area (Å²) in [5.41, 5.74) is 4.37. The number of fused-ring (bicyclic) bond motifs is 1. The van der Waals surface area contributed by atoms with Gasteiger partial charge in [-0.25, -0.2) is 9.37 Å². The van der Waals surface area contributed by atoms with Gasteiger partial charge in [-0.1, -0.05) is 36.4 Å². The Balaban J connectivity index is 1.38. The molecule has 0 spiro atoms. The molecule has 1 saturated heterocycles. The van der Waals surface area contributed by atoms with Gasteiger partial charge < -0.3 is 15.0 Å². The fraction of sp³-hybridized carbons (Fsp3) is 0.345. The van der Waals surface area contributed by atoms with Crippen LogP contribution in [-0.4, -0.2) is 66.1 Å². The summed E-state index contributed by atoms with van der Waals surface area (Å²) in [6.45, 7) is 5.98. The van der Waals surface area contributed by atoms with Crippen LogP contribution in [0.5, 0.6) is 0 Å². The number of aromatic nitrogens is 7. The summed E-state index contributed by atoms with van der Waals surface area (Å²) < 4.78 is 23.2. The average Bonchev–Trinajstić information content (AvgIpc) is 3.56. The molecule has 2 aromatic carbocycles. The minimum atomic E-state index is -0.743. The van der Waals surface area contributed by atoms with Crippen LogP contribution < -0.4 is 10.2 Å². The molecule has 0 bridgehead atoms. The summed E-state index contributed by atoms with van der Waals surface area (Å²) in [6.07, 6.45) is 4.60. The molecule has 0 saturated carbocycles. The first-order chi connectivity index (χ1) is 19.4. The van der Waals surface area contributed by atoms with Crippen LogP contribution in [0, 0.1) is 0 Å². The van der Waals surface area contributed by atoms with E-state index < -0.39 is 12.2 Å². The lowest BCUT2D eigenvalue weighted by Crippen LogP contribution is -2.39. The molecule has 5 aromatic rings. The van der Waals surface area contributed by atoms with Crippen molar-refractivity contribution in [3.05, 3.63) is 72.3 Å². The van der Waals surface area contributed by atoms with E-state index in [0.29, 0.717) is 56.1 Å². The Morgan fingerprint density at radius 3 is 2.48 bits per heavy atom. The zero-order valence-corrected chi connectivity index (χ0v) is 22.9. The highest BCUT2D eigenvalue weighted by Crippen LogP contribution is 2.29. The van der Waals surface area contributed by atoms with Gasteiger partial charge in [0.25, 0.3) is 0 Å². The average molecular weight is 542 g/mol. The van der Waals surface area contributed by atoms with Crippen molar-refractivity contribution in [3.63, 3.8) is 0 Å². The molecule has 1 aliphatic rings. The summed E-state index contributed by atoms with van der Waals surface area (Å²) in [7, 11) is 1.92. The third-order valence-corrected chi connectivity index (χ3v) is 6.97. The Bertz CT molecular complexity index is 1640. The van der Waals surface area contributed by atoms with Gasteiger partial charge in [-0.2, -0.15) is 20.1 Å². The standard InChI is InChI=1S/C29H32FN9O/c1-29(2,16-20-8-4-5-9-22(20)21-18-31-37(3)19-21)36-26-33-27(38-12-14-40-15-13-38)35-28(34-26)39-24-11-7-6-10-23(24)32-25(39)17-30/h4-11,18-19H,12-17H2,1-3H3,(H,33,34,35,36). The molecule has 10 nitrogen and oxygen atoms in total. The number of aryl methyl sites for hydroxylation is 1. The maximum atomic E-state index is 14.2. The van der Waals surface area contributed by atoms with E-state index >= 15 is 0 Å². The molecular formula is C29H32FN9O. The van der Waals surface area contributed by atoms with Crippen molar-refractivity contribution < 1.29 is 9.13 Å². The molecule has 1 fully saturated rings. The quantitative estimate of drug-likeness (QED) is 0.310. The first-order valence-corrected chi connectivity index (χ1v) is 13.4. The van der Waals surface area contributed by atoms with Crippen molar-refractivity contribution in [2.24, 2.45) is 7.05 Å². The van der Waals surface area contributed by atoms with Gasteiger partial charge in [-0.15, -0.1) is 0 Å². The lowest BCUT2D eigenvalue weighted by atomic mass is 9.90. The van der Waals surface area contributed by atoms with E-state index in [1.165, 1.54) is 5.56 Å². The number of hydrogen-bond acceptors (Lipinski definition) is 8. The SMILES string of the molecule is Cn1cc(-c2ccccc2CC(C)(C)Nc2nc(N3CCOCC3)nc(-n3c(CF)nc4ccccc43)n2)cn1. The largest absolute Gasteiger partial charge is 0.378 e. The Hall–Kier alpha value is -4.38. The van der Waals surface area contributed by atoms with Gasteiger partial charge in [0.15, 0.2) is 0 Å². The lowest BCUT2D eigenvalue weighted by molar-refractivity contribution is 0.122. The number of anilines is 2. The van der Waals surface area contributed by atoms with Crippen LogP contribution in [0.25, 0.3) is 28.1 Å². The molecule has 40 heavy (non-hydrogen) atoms. The van der Waals surface area contributed by atoms with Crippen molar-refractivity contribution >= 4 is 22.9 Å². The van der Waals surface area contributed by atoms with Gasteiger partial charge in [-0.05, 0) is 43.5 Å². The van der Waals surface area contributed by atoms with E-state index in [-0.39, 0.29) is 5.82 Å². The molecule has 0 unspecified atom stereocenters. The van der Waals surface area contributed by atoms with Crippen LogP contribution in [0.4, 0.5) is 16.3 Å². The molecule has 1 N–H and O–H groups in total. The number of imidazole rings is 1. The summed E-state index contributed by atoms with van der Waals surface area (Å²) in [4.78, 5) is 20.9. The number of alkyl halides is 1. The summed E-state index contributed by atoms with van der Waals surface area (Å²) in [5, 5.41) is 7.90. The van der Waals surface area contributed by atoms with E-state index in [1.54, 1.807) is 9.25 Å². The number of halogens is 1. The van der Waals surface area contributed by atoms with E-state index in [0.717, 1.165) is 16.6 Å². The second-order valence-corrected chi connectivity index (χ2v) is 10.6. The molecule has 0 amide bonds. The topological polar surface area (TPSA) is 98.8 Å². The molecule has 0 aliphatic carbocycles. The zero-order chi connectivity index (χ0) is 27.7. The van der Waals surface area contributed by atoms with Crippen molar-refractivity contribution in [1.82, 2.24) is 34.3 Å². The van der Waals surface area contributed by atoms with Crippen LogP contribution >= 0.6 is 0 Å². The molecule has 1 aliphatic heterocycles. The number of nitrogens with zero attached hydrogens (tertiary/aromatic N) is 8. The molecule has 0 atom stereocenters. The van der Waals surface area contributed by atoms with Crippen molar-refractivity contribution in [2.75, 3.05) is 36.5 Å². The van der Waals surface area contributed by atoms with Gasteiger partial charge >= 0.3 is 0 Å². The monoisotopic (exact) mass is 541 g/mol. The molecular weight excluding hydrogens is 509 g/mol. The van der Waals surface area contributed by atoms with Crippen LogP contribution in [-0.2, 0) is 24.9 Å². The Labute approximate surface area is 231 Å². The van der Waals surface area contributed by atoms with Crippen LogP contribution in [0.2, 0.25) is 0 Å². The highest BCUT2D eigenvalue weighted by molar-refractivity contribution is 5.77. The fourth-order valence-electron chi connectivity index (χ4n) is 5.14. The van der Waals surface area contributed by atoms with Crippen molar-refractivity contribution in [1.29, 1.82) is 0 Å². The van der Waals surface area contributed by atoms with Crippen molar-refractivity contribution in [3.8, 4) is 17.1 Å². The van der Waals surface area contributed by atoms with Gasteiger partial charge in [0.1, 0.15) is 12.5 Å². The number of para-hydroxylation sites is 2. The van der Waals surface area contributed by atoms with Gasteiger partial charge in [0.2, 0.25) is 17.8 Å². The highest BCUT2D eigenvalue weighted by atomic mass is 19.1. The normalized spacial score (nSPS) is 14.2. The van der Waals surface area contributed by atoms with E-state index in [9.17, 15) is 4.39 Å². The number of benzene rings is 2. The van der Waals surface area contributed by atoms with Crippen molar-refractivity contribution in [2.45, 2.75) is 32.5 Å². The van der Waals surface area contributed by atoms with E-state index in [1.807, 2.05) is 55.8 Å². The summed E-state index contributed by atoms with van der Waals surface area (Å²) in [6, 6.07) is 15.9. The maximum absolute atomic E-state index is 14.2. The maximum Gasteiger partial charge on any atom is 0.242 e. The zero-order valence-electron chi connectivity index (χ0n) is 22.9. The predicted molar refractivity (Wildman–Crippen MR) is 152 cm³/mol. The number of hydrogen-bond donors (Lipinski definition) is 1. The molecule has 4 heterocycles. The minimum Gasteiger partial charge on any atom is -0.378 e. The molecule has 0 radical (unpaired) electrons. The number of nitrogens with one attached hydrogen (secondary N) is 1. The number of morpholine rings is 1.